The summed E-state index contributed by atoms with van der Waals surface area (Å²) in [6.07, 6.45) is 8.68. The molecular weight excluding hydrogens is 256 g/mol. The molecule has 2 fully saturated rings. The van der Waals surface area contributed by atoms with E-state index in [9.17, 15) is 0 Å². The number of hydrogen-bond acceptors (Lipinski definition) is 2. The van der Waals surface area contributed by atoms with Gasteiger partial charge in [0, 0.05) is 37.9 Å². The highest BCUT2D eigenvalue weighted by atomic mass is 15.3. The maximum Gasteiger partial charge on any atom is 0.0399 e. The summed E-state index contributed by atoms with van der Waals surface area (Å²) in [5.74, 6) is 0. The average molecular weight is 286 g/mol. The van der Waals surface area contributed by atoms with Crippen LogP contribution in [0.3, 0.4) is 0 Å². The minimum absolute atomic E-state index is 0.869. The molecule has 0 atom stereocenters. The fraction of sp³-hybridized carbons (Fsp3) is 0.684. The zero-order valence-corrected chi connectivity index (χ0v) is 13.8. The van der Waals surface area contributed by atoms with Gasteiger partial charge in [0.25, 0.3) is 0 Å². The Bertz CT molecular complexity index is 453. The molecule has 0 spiro atoms. The van der Waals surface area contributed by atoms with E-state index >= 15 is 0 Å². The van der Waals surface area contributed by atoms with E-state index in [2.05, 4.69) is 41.8 Å². The lowest BCUT2D eigenvalue weighted by Crippen LogP contribution is -2.50. The second-order valence-electron chi connectivity index (χ2n) is 6.96. The zero-order chi connectivity index (χ0) is 14.7. The normalized spacial score (nSPS) is 22.3. The Morgan fingerprint density at radius 2 is 1.52 bits per heavy atom. The summed E-state index contributed by atoms with van der Waals surface area (Å²) < 4.78 is 0. The van der Waals surface area contributed by atoms with Crippen molar-refractivity contribution in [3.8, 4) is 0 Å². The molecule has 0 unspecified atom stereocenters. The van der Waals surface area contributed by atoms with Crippen LogP contribution >= 0.6 is 0 Å². The van der Waals surface area contributed by atoms with Gasteiger partial charge in [-0.2, -0.15) is 0 Å². The van der Waals surface area contributed by atoms with E-state index in [1.165, 1.54) is 81.5 Å². The van der Waals surface area contributed by atoms with Crippen molar-refractivity contribution in [1.82, 2.24) is 4.90 Å². The van der Waals surface area contributed by atoms with Crippen LogP contribution in [0.25, 0.3) is 0 Å². The maximum atomic E-state index is 2.77. The summed E-state index contributed by atoms with van der Waals surface area (Å²) in [5, 5.41) is 0. The first kappa shape index (κ1) is 14.9. The van der Waals surface area contributed by atoms with Crippen molar-refractivity contribution in [2.24, 2.45) is 0 Å². The summed E-state index contributed by atoms with van der Waals surface area (Å²) in [6.45, 7) is 9.33. The largest absolute Gasteiger partial charge is 0.369 e. The molecule has 1 saturated heterocycles. The summed E-state index contributed by atoms with van der Waals surface area (Å²) >= 11 is 0. The molecule has 1 aliphatic heterocycles. The van der Waals surface area contributed by atoms with E-state index < -0.39 is 0 Å². The predicted molar refractivity (Wildman–Crippen MR) is 91.2 cm³/mol. The Morgan fingerprint density at radius 3 is 2.19 bits per heavy atom. The van der Waals surface area contributed by atoms with Crippen molar-refractivity contribution in [1.29, 1.82) is 0 Å². The van der Waals surface area contributed by atoms with Gasteiger partial charge in [-0.25, -0.2) is 0 Å². The third-order valence-electron chi connectivity index (χ3n) is 5.36. The summed E-state index contributed by atoms with van der Waals surface area (Å²) in [4.78, 5) is 5.36. The molecule has 1 aromatic carbocycles. The molecule has 0 N–H and O–H groups in total. The van der Waals surface area contributed by atoms with Crippen molar-refractivity contribution in [3.63, 3.8) is 0 Å². The zero-order valence-electron chi connectivity index (χ0n) is 13.8. The molecule has 1 saturated carbocycles. The summed E-state index contributed by atoms with van der Waals surface area (Å²) in [5.41, 5.74) is 4.25. The molecule has 0 amide bonds. The number of nitrogens with zero attached hydrogens (tertiary/aromatic N) is 2. The van der Waals surface area contributed by atoms with Crippen LogP contribution in [0.2, 0.25) is 0 Å². The maximum absolute atomic E-state index is 2.77. The first-order chi connectivity index (χ1) is 10.2. The topological polar surface area (TPSA) is 6.48 Å². The van der Waals surface area contributed by atoms with Crippen LogP contribution in [0.4, 0.5) is 5.69 Å². The monoisotopic (exact) mass is 286 g/mol. The Morgan fingerprint density at radius 1 is 0.857 bits per heavy atom. The molecule has 21 heavy (non-hydrogen) atoms. The van der Waals surface area contributed by atoms with Gasteiger partial charge < -0.3 is 4.90 Å². The van der Waals surface area contributed by atoms with E-state index in [4.69, 9.17) is 0 Å². The predicted octanol–water partition coefficient (Wildman–Crippen LogP) is 4.15. The van der Waals surface area contributed by atoms with E-state index in [0.717, 1.165) is 6.04 Å². The Labute approximate surface area is 130 Å². The SMILES string of the molecule is Cc1ccc(C)c(N2CCN(C3CCCCCC3)CC2)c1. The number of aryl methyl sites for hydroxylation is 2. The Balaban J connectivity index is 1.60. The van der Waals surface area contributed by atoms with Gasteiger partial charge in [0.05, 0.1) is 0 Å². The van der Waals surface area contributed by atoms with Crippen LogP contribution in [0.5, 0.6) is 0 Å². The van der Waals surface area contributed by atoms with Crippen LogP contribution in [0.1, 0.15) is 49.7 Å². The van der Waals surface area contributed by atoms with Crippen LogP contribution in [0, 0.1) is 13.8 Å². The lowest BCUT2D eigenvalue weighted by atomic mass is 10.1. The fourth-order valence-corrected chi connectivity index (χ4v) is 4.01. The van der Waals surface area contributed by atoms with Gasteiger partial charge in [-0.15, -0.1) is 0 Å². The lowest BCUT2D eigenvalue weighted by molar-refractivity contribution is 0.169. The second kappa shape index (κ2) is 6.83. The Kier molecular flexibility index (Phi) is 4.84. The molecule has 1 heterocycles. The highest BCUT2D eigenvalue weighted by Crippen LogP contribution is 2.26. The van der Waals surface area contributed by atoms with Crippen LogP contribution in [-0.4, -0.2) is 37.1 Å². The molecule has 116 valence electrons. The van der Waals surface area contributed by atoms with Gasteiger partial charge in [-0.3, -0.25) is 4.90 Å². The van der Waals surface area contributed by atoms with E-state index in [-0.39, 0.29) is 0 Å². The van der Waals surface area contributed by atoms with Gasteiger partial charge in [-0.05, 0) is 43.9 Å². The average Bonchev–Trinajstić information content (AvgIpc) is 2.79. The minimum Gasteiger partial charge on any atom is -0.369 e. The van der Waals surface area contributed by atoms with E-state index in [1.807, 2.05) is 0 Å². The number of piperazine rings is 1. The molecule has 0 radical (unpaired) electrons. The first-order valence-corrected chi connectivity index (χ1v) is 8.80. The van der Waals surface area contributed by atoms with Gasteiger partial charge in [-0.1, -0.05) is 37.8 Å². The Hall–Kier alpha value is -1.02. The van der Waals surface area contributed by atoms with Gasteiger partial charge >= 0.3 is 0 Å². The van der Waals surface area contributed by atoms with Crippen molar-refractivity contribution in [3.05, 3.63) is 29.3 Å². The third-order valence-corrected chi connectivity index (χ3v) is 5.36. The standard InChI is InChI=1S/C19H30N2/c1-16-9-10-17(2)19(15-16)21-13-11-20(12-14-21)18-7-5-3-4-6-8-18/h9-10,15,18H,3-8,11-14H2,1-2H3. The van der Waals surface area contributed by atoms with Gasteiger partial charge in [0.2, 0.25) is 0 Å². The molecule has 3 rings (SSSR count). The molecule has 2 nitrogen and oxygen atoms in total. The highest BCUT2D eigenvalue weighted by molar-refractivity contribution is 5.55. The van der Waals surface area contributed by atoms with Crippen LogP contribution in [0.15, 0.2) is 18.2 Å². The van der Waals surface area contributed by atoms with E-state index in [1.54, 1.807) is 0 Å². The summed E-state index contributed by atoms with van der Waals surface area (Å²) in [7, 11) is 0. The molecule has 1 aliphatic carbocycles. The minimum atomic E-state index is 0.869. The lowest BCUT2D eigenvalue weighted by Gasteiger charge is -2.40. The van der Waals surface area contributed by atoms with Crippen molar-refractivity contribution < 1.29 is 0 Å². The van der Waals surface area contributed by atoms with Gasteiger partial charge in [0.15, 0.2) is 0 Å². The number of benzene rings is 1. The van der Waals surface area contributed by atoms with Crippen LogP contribution < -0.4 is 4.90 Å². The van der Waals surface area contributed by atoms with E-state index in [0.29, 0.717) is 0 Å². The number of rotatable bonds is 2. The molecule has 2 aliphatic rings. The van der Waals surface area contributed by atoms with Gasteiger partial charge in [0.1, 0.15) is 0 Å². The van der Waals surface area contributed by atoms with Crippen molar-refractivity contribution >= 4 is 5.69 Å². The highest BCUT2D eigenvalue weighted by Gasteiger charge is 2.25. The quantitative estimate of drug-likeness (QED) is 0.754. The fourth-order valence-electron chi connectivity index (χ4n) is 4.01. The van der Waals surface area contributed by atoms with Crippen molar-refractivity contribution in [2.45, 2.75) is 58.4 Å². The smallest absolute Gasteiger partial charge is 0.0399 e. The van der Waals surface area contributed by atoms with Crippen molar-refractivity contribution in [2.75, 3.05) is 31.1 Å². The molecule has 0 bridgehead atoms. The molecule has 2 heteroatoms. The molecular formula is C19H30N2. The first-order valence-electron chi connectivity index (χ1n) is 8.80. The molecule has 1 aromatic rings. The second-order valence-corrected chi connectivity index (χ2v) is 6.96. The van der Waals surface area contributed by atoms with Crippen LogP contribution in [-0.2, 0) is 0 Å². The summed E-state index contributed by atoms with van der Waals surface area (Å²) in [6, 6.07) is 7.72. The number of anilines is 1. The molecule has 0 aromatic heterocycles. The third kappa shape index (κ3) is 3.60. The number of hydrogen-bond donors (Lipinski definition) is 0.